The van der Waals surface area contributed by atoms with Crippen molar-refractivity contribution in [3.63, 3.8) is 0 Å². The first kappa shape index (κ1) is 12.9. The lowest BCUT2D eigenvalue weighted by Gasteiger charge is -2.11. The van der Waals surface area contributed by atoms with E-state index < -0.39 is 10.0 Å². The Morgan fingerprint density at radius 1 is 1.38 bits per heavy atom. The molecule has 0 aliphatic carbocycles. The van der Waals surface area contributed by atoms with E-state index in [0.717, 1.165) is 12.8 Å². The van der Waals surface area contributed by atoms with Crippen LogP contribution < -0.4 is 10.5 Å². The number of hydrogen-bond donors (Lipinski definition) is 2. The molecule has 0 fully saturated rings. The second-order valence-corrected chi connectivity index (χ2v) is 5.12. The second kappa shape index (κ2) is 6.34. The summed E-state index contributed by atoms with van der Waals surface area (Å²) < 4.78 is 25.2. The van der Waals surface area contributed by atoms with Crippen LogP contribution in [-0.4, -0.2) is 26.8 Å². The molecule has 0 amide bonds. The minimum atomic E-state index is -3.07. The molecule has 5 heteroatoms. The lowest BCUT2D eigenvalue weighted by molar-refractivity contribution is 0.552. The third kappa shape index (κ3) is 6.98. The summed E-state index contributed by atoms with van der Waals surface area (Å²) in [6.07, 6.45) is 2.22. The predicted molar refractivity (Wildman–Crippen MR) is 55.0 cm³/mol. The molecule has 0 saturated heterocycles. The molecule has 80 valence electrons. The first-order valence-corrected chi connectivity index (χ1v) is 6.37. The number of hydrogen-bond acceptors (Lipinski definition) is 3. The minimum absolute atomic E-state index is 0.0304. The van der Waals surface area contributed by atoms with E-state index in [9.17, 15) is 8.42 Å². The van der Waals surface area contributed by atoms with E-state index in [-0.39, 0.29) is 11.8 Å². The van der Waals surface area contributed by atoms with Gasteiger partial charge in [-0.1, -0.05) is 6.92 Å². The Morgan fingerprint density at radius 2 is 2.00 bits per heavy atom. The third-order valence-electron chi connectivity index (χ3n) is 1.86. The van der Waals surface area contributed by atoms with Crippen molar-refractivity contribution in [2.75, 3.05) is 12.3 Å². The van der Waals surface area contributed by atoms with Gasteiger partial charge in [-0.05, 0) is 32.7 Å². The fourth-order valence-electron chi connectivity index (χ4n) is 0.885. The lowest BCUT2D eigenvalue weighted by Crippen LogP contribution is -2.33. The Balaban J connectivity index is 3.81. The van der Waals surface area contributed by atoms with Crippen LogP contribution in [0.25, 0.3) is 0 Å². The Morgan fingerprint density at radius 3 is 2.46 bits per heavy atom. The summed E-state index contributed by atoms with van der Waals surface area (Å²) in [5.41, 5.74) is 5.27. The Labute approximate surface area is 80.9 Å². The van der Waals surface area contributed by atoms with Crippen LogP contribution in [0.2, 0.25) is 0 Å². The SMILES string of the molecule is CCC(C)NS(=O)(=O)CCCCN. The van der Waals surface area contributed by atoms with Crippen LogP contribution >= 0.6 is 0 Å². The van der Waals surface area contributed by atoms with E-state index in [4.69, 9.17) is 5.73 Å². The molecule has 0 aromatic carbocycles. The van der Waals surface area contributed by atoms with Gasteiger partial charge in [-0.25, -0.2) is 13.1 Å². The highest BCUT2D eigenvalue weighted by Gasteiger charge is 2.11. The van der Waals surface area contributed by atoms with E-state index in [1.165, 1.54) is 0 Å². The monoisotopic (exact) mass is 208 g/mol. The molecule has 3 N–H and O–H groups in total. The highest BCUT2D eigenvalue weighted by molar-refractivity contribution is 7.89. The smallest absolute Gasteiger partial charge is 0.211 e. The van der Waals surface area contributed by atoms with Gasteiger partial charge in [0.05, 0.1) is 5.75 Å². The largest absolute Gasteiger partial charge is 0.330 e. The highest BCUT2D eigenvalue weighted by Crippen LogP contribution is 1.97. The fourth-order valence-corrected chi connectivity index (χ4v) is 2.37. The summed E-state index contributed by atoms with van der Waals surface area (Å²) in [4.78, 5) is 0. The molecule has 0 aromatic rings. The Hall–Kier alpha value is -0.130. The van der Waals surface area contributed by atoms with Crippen molar-refractivity contribution in [1.29, 1.82) is 0 Å². The molecule has 0 radical (unpaired) electrons. The summed E-state index contributed by atoms with van der Waals surface area (Å²) in [6.45, 7) is 4.37. The van der Waals surface area contributed by atoms with Gasteiger partial charge in [-0.3, -0.25) is 0 Å². The molecule has 4 nitrogen and oxygen atoms in total. The number of sulfonamides is 1. The second-order valence-electron chi connectivity index (χ2n) is 3.24. The Kier molecular flexibility index (Phi) is 6.28. The van der Waals surface area contributed by atoms with Gasteiger partial charge in [0.25, 0.3) is 0 Å². The number of nitrogens with two attached hydrogens (primary N) is 1. The molecule has 1 unspecified atom stereocenters. The summed E-state index contributed by atoms with van der Waals surface area (Å²) >= 11 is 0. The third-order valence-corrected chi connectivity index (χ3v) is 3.45. The molecule has 0 saturated carbocycles. The fraction of sp³-hybridized carbons (Fsp3) is 1.00. The molecule has 0 aliphatic heterocycles. The maximum atomic E-state index is 11.3. The standard InChI is InChI=1S/C8H20N2O2S/c1-3-8(2)10-13(11,12)7-5-4-6-9/h8,10H,3-7,9H2,1-2H3. The highest BCUT2D eigenvalue weighted by atomic mass is 32.2. The molecule has 0 aliphatic rings. The normalized spacial score (nSPS) is 14.4. The zero-order valence-corrected chi connectivity index (χ0v) is 9.23. The van der Waals surface area contributed by atoms with Crippen molar-refractivity contribution >= 4 is 10.0 Å². The van der Waals surface area contributed by atoms with Crippen molar-refractivity contribution in [3.05, 3.63) is 0 Å². The summed E-state index contributed by atoms with van der Waals surface area (Å²) in [5, 5.41) is 0. The molecule has 1 atom stereocenters. The van der Waals surface area contributed by atoms with E-state index in [1.54, 1.807) is 0 Å². The van der Waals surface area contributed by atoms with Crippen LogP contribution in [-0.2, 0) is 10.0 Å². The average Bonchev–Trinajstić information content (AvgIpc) is 2.03. The average molecular weight is 208 g/mol. The molecular formula is C8H20N2O2S. The van der Waals surface area contributed by atoms with Gasteiger partial charge in [0.1, 0.15) is 0 Å². The van der Waals surface area contributed by atoms with Crippen LogP contribution in [0.15, 0.2) is 0 Å². The quantitative estimate of drug-likeness (QED) is 0.596. The van der Waals surface area contributed by atoms with Crippen LogP contribution in [0.5, 0.6) is 0 Å². The molecule has 0 aromatic heterocycles. The zero-order valence-electron chi connectivity index (χ0n) is 8.41. The molecular weight excluding hydrogens is 188 g/mol. The first-order valence-electron chi connectivity index (χ1n) is 4.72. The van der Waals surface area contributed by atoms with Crippen LogP contribution in [0.1, 0.15) is 33.1 Å². The van der Waals surface area contributed by atoms with Crippen LogP contribution in [0.3, 0.4) is 0 Å². The maximum Gasteiger partial charge on any atom is 0.211 e. The van der Waals surface area contributed by atoms with Gasteiger partial charge in [-0.2, -0.15) is 0 Å². The summed E-state index contributed by atoms with van der Waals surface area (Å²) in [6, 6.07) is 0.0304. The number of nitrogens with one attached hydrogen (secondary N) is 1. The molecule has 0 heterocycles. The van der Waals surface area contributed by atoms with Gasteiger partial charge in [0.15, 0.2) is 0 Å². The molecule has 13 heavy (non-hydrogen) atoms. The van der Waals surface area contributed by atoms with E-state index >= 15 is 0 Å². The van der Waals surface area contributed by atoms with Crippen molar-refractivity contribution < 1.29 is 8.42 Å². The van der Waals surface area contributed by atoms with Crippen molar-refractivity contribution in [2.24, 2.45) is 5.73 Å². The van der Waals surface area contributed by atoms with Crippen molar-refractivity contribution in [3.8, 4) is 0 Å². The summed E-state index contributed by atoms with van der Waals surface area (Å²) in [5.74, 6) is 0.189. The topological polar surface area (TPSA) is 72.2 Å². The Bertz CT molecular complexity index is 214. The van der Waals surface area contributed by atoms with Crippen LogP contribution in [0, 0.1) is 0 Å². The predicted octanol–water partition coefficient (Wildman–Crippen LogP) is 0.443. The van der Waals surface area contributed by atoms with Gasteiger partial charge in [0.2, 0.25) is 10.0 Å². The van der Waals surface area contributed by atoms with Gasteiger partial charge in [0, 0.05) is 6.04 Å². The zero-order chi connectivity index (χ0) is 10.3. The molecule has 0 rings (SSSR count). The van der Waals surface area contributed by atoms with Crippen molar-refractivity contribution in [1.82, 2.24) is 4.72 Å². The molecule has 0 spiro atoms. The van der Waals surface area contributed by atoms with Gasteiger partial charge in [-0.15, -0.1) is 0 Å². The van der Waals surface area contributed by atoms with E-state index in [0.29, 0.717) is 13.0 Å². The van der Waals surface area contributed by atoms with E-state index in [2.05, 4.69) is 4.72 Å². The van der Waals surface area contributed by atoms with Gasteiger partial charge < -0.3 is 5.73 Å². The number of rotatable bonds is 7. The van der Waals surface area contributed by atoms with Crippen LogP contribution in [0.4, 0.5) is 0 Å². The van der Waals surface area contributed by atoms with Gasteiger partial charge >= 0.3 is 0 Å². The number of unbranched alkanes of at least 4 members (excludes halogenated alkanes) is 1. The summed E-state index contributed by atoms with van der Waals surface area (Å²) in [7, 11) is -3.07. The van der Waals surface area contributed by atoms with E-state index in [1.807, 2.05) is 13.8 Å². The molecule has 0 bridgehead atoms. The lowest BCUT2D eigenvalue weighted by atomic mass is 10.3. The maximum absolute atomic E-state index is 11.3. The first-order chi connectivity index (χ1) is 6.02. The van der Waals surface area contributed by atoms with Crippen molar-refractivity contribution in [2.45, 2.75) is 39.2 Å². The minimum Gasteiger partial charge on any atom is -0.330 e.